The van der Waals surface area contributed by atoms with E-state index in [9.17, 15) is 18.0 Å². The summed E-state index contributed by atoms with van der Waals surface area (Å²) in [7, 11) is -2.66. The fourth-order valence-electron chi connectivity index (χ4n) is 3.74. The molecule has 0 radical (unpaired) electrons. The molecule has 0 aliphatic heterocycles. The average Bonchev–Trinajstić information content (AvgIpc) is 2.86. The molecule has 0 unspecified atom stereocenters. The second-order valence-corrected chi connectivity index (χ2v) is 9.54. The number of hydrogen-bond acceptors (Lipinski definition) is 6. The Balaban J connectivity index is 1.75. The Morgan fingerprint density at radius 2 is 1.66 bits per heavy atom. The molecule has 1 aromatic heterocycles. The zero-order valence-electron chi connectivity index (χ0n) is 19.2. The number of amides is 1. The van der Waals surface area contributed by atoms with Crippen LogP contribution in [-0.4, -0.2) is 32.6 Å². The van der Waals surface area contributed by atoms with Gasteiger partial charge in [-0.1, -0.05) is 24.3 Å². The number of rotatable bonds is 8. The number of carbonyl (C=O) groups excluding carboxylic acids is 1. The molecule has 8 nitrogen and oxygen atoms in total. The molecule has 4 aromatic rings. The normalized spacial score (nSPS) is 11.3. The lowest BCUT2D eigenvalue weighted by Crippen LogP contribution is -2.24. The summed E-state index contributed by atoms with van der Waals surface area (Å²) in [5.41, 5.74) is 0.293. The van der Waals surface area contributed by atoms with Crippen LogP contribution in [0.5, 0.6) is 11.5 Å². The molecule has 1 heterocycles. The molecule has 4 rings (SSSR count). The Morgan fingerprint density at radius 1 is 0.971 bits per heavy atom. The summed E-state index contributed by atoms with van der Waals surface area (Å²) in [6.07, 6.45) is 1.22. The number of sulfone groups is 1. The zero-order valence-corrected chi connectivity index (χ0v) is 20.0. The Hall–Kier alpha value is -4.11. The largest absolute Gasteiger partial charge is 0.495 e. The van der Waals surface area contributed by atoms with E-state index in [0.29, 0.717) is 29.3 Å². The number of anilines is 1. The zero-order chi connectivity index (χ0) is 25.0. The molecule has 1 amide bonds. The predicted molar refractivity (Wildman–Crippen MR) is 133 cm³/mol. The van der Waals surface area contributed by atoms with E-state index < -0.39 is 26.1 Å². The third-order valence-corrected chi connectivity index (χ3v) is 7.15. The van der Waals surface area contributed by atoms with Gasteiger partial charge in [-0.25, -0.2) is 8.42 Å². The topological polar surface area (TPSA) is 104 Å². The molecule has 180 valence electrons. The summed E-state index contributed by atoms with van der Waals surface area (Å²) >= 11 is 0. The molecular formula is C26H24N2O6S. The molecule has 35 heavy (non-hydrogen) atoms. The number of hydrogen-bond donors (Lipinski definition) is 1. The molecule has 0 saturated heterocycles. The van der Waals surface area contributed by atoms with Crippen molar-refractivity contribution in [1.82, 2.24) is 4.57 Å². The quantitative estimate of drug-likeness (QED) is 0.400. The van der Waals surface area contributed by atoms with Gasteiger partial charge in [-0.05, 0) is 55.5 Å². The lowest BCUT2D eigenvalue weighted by molar-refractivity contribution is -0.116. The summed E-state index contributed by atoms with van der Waals surface area (Å²) in [5.74, 6) is 0.604. The molecule has 0 bridgehead atoms. The van der Waals surface area contributed by atoms with Crippen LogP contribution in [0, 0.1) is 0 Å². The van der Waals surface area contributed by atoms with Crippen molar-refractivity contribution < 1.29 is 22.7 Å². The number of carbonyl (C=O) groups is 1. The van der Waals surface area contributed by atoms with Crippen molar-refractivity contribution >= 4 is 32.3 Å². The monoisotopic (exact) mass is 492 g/mol. The summed E-state index contributed by atoms with van der Waals surface area (Å²) in [5, 5.41) is 2.97. The number of fused-ring (bicyclic) bond motifs is 1. The van der Waals surface area contributed by atoms with Crippen LogP contribution in [0.1, 0.15) is 6.92 Å². The highest BCUT2D eigenvalue weighted by Crippen LogP contribution is 2.25. The van der Waals surface area contributed by atoms with Crippen molar-refractivity contribution in [3.05, 3.63) is 89.2 Å². The first kappa shape index (κ1) is 24.0. The Morgan fingerprint density at radius 3 is 2.37 bits per heavy atom. The lowest BCUT2D eigenvalue weighted by Gasteiger charge is -2.15. The number of benzene rings is 3. The smallest absolute Gasteiger partial charge is 0.244 e. The van der Waals surface area contributed by atoms with Gasteiger partial charge in [0.2, 0.25) is 21.2 Å². The van der Waals surface area contributed by atoms with Crippen LogP contribution in [0.2, 0.25) is 0 Å². The number of para-hydroxylation sites is 3. The maximum Gasteiger partial charge on any atom is 0.244 e. The molecule has 0 atom stereocenters. The van der Waals surface area contributed by atoms with Gasteiger partial charge >= 0.3 is 0 Å². The predicted octanol–water partition coefficient (Wildman–Crippen LogP) is 3.88. The van der Waals surface area contributed by atoms with Crippen LogP contribution in [0.4, 0.5) is 5.69 Å². The standard InChI is InChI=1S/C26H24N2O6S/c1-3-34-18-12-14-19(15-13-18)35(31,32)24-16-28(22-10-6-4-8-20(22)26(24)30)17-25(29)27-21-9-5-7-11-23(21)33-2/h4-16H,3,17H2,1-2H3,(H,27,29). The number of pyridine rings is 1. The van der Waals surface area contributed by atoms with Crippen LogP contribution in [0.3, 0.4) is 0 Å². The van der Waals surface area contributed by atoms with E-state index in [2.05, 4.69) is 5.32 Å². The molecule has 0 aliphatic carbocycles. The first-order valence-electron chi connectivity index (χ1n) is 10.9. The summed E-state index contributed by atoms with van der Waals surface area (Å²) in [6.45, 7) is 2.05. The van der Waals surface area contributed by atoms with E-state index in [4.69, 9.17) is 9.47 Å². The van der Waals surface area contributed by atoms with Gasteiger partial charge in [-0.2, -0.15) is 0 Å². The number of methoxy groups -OCH3 is 1. The molecule has 3 aromatic carbocycles. The van der Waals surface area contributed by atoms with Crippen molar-refractivity contribution in [3.8, 4) is 11.5 Å². The van der Waals surface area contributed by atoms with E-state index >= 15 is 0 Å². The van der Waals surface area contributed by atoms with E-state index in [1.165, 1.54) is 42.1 Å². The third-order valence-electron chi connectivity index (χ3n) is 5.38. The van der Waals surface area contributed by atoms with E-state index in [0.717, 1.165) is 0 Å². The highest BCUT2D eigenvalue weighted by Gasteiger charge is 2.24. The van der Waals surface area contributed by atoms with Gasteiger partial charge in [-0.3, -0.25) is 9.59 Å². The second kappa shape index (κ2) is 10.0. The average molecular weight is 493 g/mol. The van der Waals surface area contributed by atoms with Gasteiger partial charge in [0, 0.05) is 11.6 Å². The van der Waals surface area contributed by atoms with Crippen molar-refractivity contribution in [2.24, 2.45) is 0 Å². The molecule has 1 N–H and O–H groups in total. The summed E-state index contributed by atoms with van der Waals surface area (Å²) < 4.78 is 38.9. The SMILES string of the molecule is CCOc1ccc(S(=O)(=O)c2cn(CC(=O)Nc3ccccc3OC)c3ccccc3c2=O)cc1. The van der Waals surface area contributed by atoms with Crippen molar-refractivity contribution in [2.75, 3.05) is 19.0 Å². The molecule has 0 fully saturated rings. The summed E-state index contributed by atoms with van der Waals surface area (Å²) in [6, 6.07) is 19.4. The third kappa shape index (κ3) is 4.90. The minimum absolute atomic E-state index is 0.0432. The number of aromatic nitrogens is 1. The molecule has 0 spiro atoms. The van der Waals surface area contributed by atoms with E-state index in [-0.39, 0.29) is 16.8 Å². The van der Waals surface area contributed by atoms with Gasteiger partial charge in [0.1, 0.15) is 22.9 Å². The molecule has 9 heteroatoms. The van der Waals surface area contributed by atoms with Gasteiger partial charge in [-0.15, -0.1) is 0 Å². The van der Waals surface area contributed by atoms with E-state index in [1.807, 2.05) is 6.92 Å². The van der Waals surface area contributed by atoms with Crippen molar-refractivity contribution in [1.29, 1.82) is 0 Å². The fraction of sp³-hybridized carbons (Fsp3) is 0.154. The number of nitrogens with one attached hydrogen (secondary N) is 1. The van der Waals surface area contributed by atoms with Gasteiger partial charge in [0.25, 0.3) is 0 Å². The van der Waals surface area contributed by atoms with Gasteiger partial charge < -0.3 is 19.4 Å². The van der Waals surface area contributed by atoms with Crippen LogP contribution >= 0.6 is 0 Å². The van der Waals surface area contributed by atoms with Crippen LogP contribution in [-0.2, 0) is 21.2 Å². The molecule has 0 aliphatic rings. The minimum atomic E-state index is -4.16. The van der Waals surface area contributed by atoms with Crippen LogP contribution in [0.15, 0.2) is 93.6 Å². The van der Waals surface area contributed by atoms with Crippen molar-refractivity contribution in [2.45, 2.75) is 23.3 Å². The minimum Gasteiger partial charge on any atom is -0.495 e. The van der Waals surface area contributed by atoms with Crippen molar-refractivity contribution in [3.63, 3.8) is 0 Å². The van der Waals surface area contributed by atoms with Gasteiger partial charge in [0.05, 0.1) is 29.8 Å². The number of nitrogens with zero attached hydrogens (tertiary/aromatic N) is 1. The maximum atomic E-state index is 13.4. The van der Waals surface area contributed by atoms with E-state index in [1.54, 1.807) is 48.5 Å². The lowest BCUT2D eigenvalue weighted by atomic mass is 10.2. The number of ether oxygens (including phenoxy) is 2. The Kier molecular flexibility index (Phi) is 6.88. The maximum absolute atomic E-state index is 13.4. The Bertz CT molecular complexity index is 1540. The summed E-state index contributed by atoms with van der Waals surface area (Å²) in [4.78, 5) is 25.6. The fourth-order valence-corrected chi connectivity index (χ4v) is 5.11. The highest BCUT2D eigenvalue weighted by molar-refractivity contribution is 7.91. The second-order valence-electron chi connectivity index (χ2n) is 7.62. The molecular weight excluding hydrogens is 468 g/mol. The van der Waals surface area contributed by atoms with Crippen LogP contribution in [0.25, 0.3) is 10.9 Å². The van der Waals surface area contributed by atoms with Crippen LogP contribution < -0.4 is 20.2 Å². The van der Waals surface area contributed by atoms with Gasteiger partial charge in [0.15, 0.2) is 0 Å². The first-order valence-corrected chi connectivity index (χ1v) is 12.4. The Labute approximate surface area is 202 Å². The first-order chi connectivity index (χ1) is 16.8. The highest BCUT2D eigenvalue weighted by atomic mass is 32.2. The molecule has 0 saturated carbocycles.